The second kappa shape index (κ2) is 6.40. The first-order chi connectivity index (χ1) is 5.15. The first-order valence-corrected chi connectivity index (χ1v) is 4.12. The van der Waals surface area contributed by atoms with Crippen molar-refractivity contribution in [3.05, 3.63) is 0 Å². The Morgan fingerprint density at radius 2 is 1.08 bits per heavy atom. The number of hydrogen-bond acceptors (Lipinski definition) is 3. The fourth-order valence-electron chi connectivity index (χ4n) is 0.548. The van der Waals surface area contributed by atoms with E-state index in [1.165, 1.54) is 0 Å². The van der Waals surface area contributed by atoms with Crippen molar-refractivity contribution in [3.8, 4) is 0 Å². The van der Waals surface area contributed by atoms with Crippen LogP contribution >= 0.6 is 0 Å². The molecular formula is C9H24N2O. The Balaban J connectivity index is 0. The standard InChI is InChI=1S/C6H15NO.C3H9N/c1-6(2,3)8-7(4)5;1-4(2)3/h1-5H3;1-3H3. The van der Waals surface area contributed by atoms with Crippen LogP contribution in [0, 0.1) is 0 Å². The lowest BCUT2D eigenvalue weighted by Crippen LogP contribution is -2.28. The van der Waals surface area contributed by atoms with Gasteiger partial charge in [-0.05, 0) is 41.9 Å². The fraction of sp³-hybridized carbons (Fsp3) is 1.00. The Bertz CT molecular complexity index is 92.4. The molecule has 0 aliphatic rings. The quantitative estimate of drug-likeness (QED) is 0.562. The predicted molar refractivity (Wildman–Crippen MR) is 54.1 cm³/mol. The molecule has 0 amide bonds. The van der Waals surface area contributed by atoms with E-state index in [1.807, 2.05) is 60.9 Å². The van der Waals surface area contributed by atoms with Crippen LogP contribution in [0.4, 0.5) is 0 Å². The van der Waals surface area contributed by atoms with Gasteiger partial charge >= 0.3 is 0 Å². The summed E-state index contributed by atoms with van der Waals surface area (Å²) in [5, 5.41) is 1.71. The molecule has 0 aromatic rings. The van der Waals surface area contributed by atoms with Crippen molar-refractivity contribution in [2.75, 3.05) is 35.2 Å². The van der Waals surface area contributed by atoms with E-state index in [1.54, 1.807) is 5.06 Å². The molecule has 0 N–H and O–H groups in total. The van der Waals surface area contributed by atoms with Gasteiger partial charge in [-0.25, -0.2) is 0 Å². The summed E-state index contributed by atoms with van der Waals surface area (Å²) in [5.74, 6) is 0. The molecule has 0 rings (SSSR count). The van der Waals surface area contributed by atoms with Crippen molar-refractivity contribution in [2.24, 2.45) is 0 Å². The monoisotopic (exact) mass is 176 g/mol. The minimum absolute atomic E-state index is 0.0521. The maximum Gasteiger partial charge on any atom is 0.0815 e. The van der Waals surface area contributed by atoms with Gasteiger partial charge in [0.05, 0.1) is 5.60 Å². The molecule has 3 heteroatoms. The maximum atomic E-state index is 5.27. The number of rotatable bonds is 1. The van der Waals surface area contributed by atoms with Gasteiger partial charge in [0.1, 0.15) is 0 Å². The molecule has 0 radical (unpaired) electrons. The molecule has 0 bridgehead atoms. The Labute approximate surface area is 77.3 Å². The average Bonchev–Trinajstić information content (AvgIpc) is 1.52. The first kappa shape index (κ1) is 14.4. The molecule has 0 heterocycles. The molecule has 0 unspecified atom stereocenters. The molecule has 0 atom stereocenters. The van der Waals surface area contributed by atoms with E-state index in [9.17, 15) is 0 Å². The number of nitrogens with zero attached hydrogens (tertiary/aromatic N) is 2. The SMILES string of the molecule is CN(C)C.CN(C)OC(C)(C)C. The molecule has 0 aromatic carbocycles. The van der Waals surface area contributed by atoms with Crippen molar-refractivity contribution < 1.29 is 4.84 Å². The third-order valence-corrected chi connectivity index (χ3v) is 0.456. The van der Waals surface area contributed by atoms with Crippen LogP contribution in [0.3, 0.4) is 0 Å². The highest BCUT2D eigenvalue weighted by molar-refractivity contribution is 4.55. The lowest BCUT2D eigenvalue weighted by molar-refractivity contribution is -0.198. The molecule has 0 saturated carbocycles. The van der Waals surface area contributed by atoms with Crippen LogP contribution in [0.15, 0.2) is 0 Å². The van der Waals surface area contributed by atoms with E-state index >= 15 is 0 Å². The third kappa shape index (κ3) is 32.7. The molecule has 0 fully saturated rings. The summed E-state index contributed by atoms with van der Waals surface area (Å²) in [6, 6.07) is 0. The number of hydrogen-bond donors (Lipinski definition) is 0. The number of hydroxylamine groups is 2. The Morgan fingerprint density at radius 1 is 0.833 bits per heavy atom. The summed E-state index contributed by atoms with van der Waals surface area (Å²) in [5.41, 5.74) is -0.0521. The molecule has 0 spiro atoms. The molecule has 0 saturated heterocycles. The lowest BCUT2D eigenvalue weighted by Gasteiger charge is -2.23. The highest BCUT2D eigenvalue weighted by atomic mass is 16.7. The van der Waals surface area contributed by atoms with E-state index in [-0.39, 0.29) is 5.60 Å². The normalized spacial score (nSPS) is 11.5. The molecular weight excluding hydrogens is 152 g/mol. The predicted octanol–water partition coefficient (Wildman–Crippen LogP) is 1.46. The van der Waals surface area contributed by atoms with Crippen LogP contribution in [-0.4, -0.2) is 50.8 Å². The maximum absolute atomic E-state index is 5.27. The average molecular weight is 176 g/mol. The highest BCUT2D eigenvalue weighted by Crippen LogP contribution is 2.06. The highest BCUT2D eigenvalue weighted by Gasteiger charge is 2.10. The zero-order valence-corrected chi connectivity index (χ0v) is 9.80. The molecule has 0 aliphatic carbocycles. The van der Waals surface area contributed by atoms with E-state index in [4.69, 9.17) is 4.84 Å². The van der Waals surface area contributed by atoms with Crippen molar-refractivity contribution in [1.82, 2.24) is 9.96 Å². The summed E-state index contributed by atoms with van der Waals surface area (Å²) >= 11 is 0. The van der Waals surface area contributed by atoms with Gasteiger partial charge in [0.25, 0.3) is 0 Å². The molecule has 0 aromatic heterocycles. The zero-order valence-electron chi connectivity index (χ0n) is 9.80. The molecule has 3 nitrogen and oxygen atoms in total. The second-order valence-electron chi connectivity index (χ2n) is 4.36. The van der Waals surface area contributed by atoms with Gasteiger partial charge in [-0.2, -0.15) is 5.06 Å². The fourth-order valence-corrected chi connectivity index (χ4v) is 0.548. The first-order valence-electron chi connectivity index (χ1n) is 4.12. The van der Waals surface area contributed by atoms with Gasteiger partial charge in [-0.15, -0.1) is 0 Å². The molecule has 12 heavy (non-hydrogen) atoms. The summed E-state index contributed by atoms with van der Waals surface area (Å²) < 4.78 is 0. The third-order valence-electron chi connectivity index (χ3n) is 0.456. The van der Waals surface area contributed by atoms with E-state index in [2.05, 4.69) is 0 Å². The van der Waals surface area contributed by atoms with Crippen LogP contribution in [0.1, 0.15) is 20.8 Å². The van der Waals surface area contributed by atoms with Crippen LogP contribution in [-0.2, 0) is 4.84 Å². The van der Waals surface area contributed by atoms with E-state index < -0.39 is 0 Å². The smallest absolute Gasteiger partial charge is 0.0815 e. The Hall–Kier alpha value is -0.120. The van der Waals surface area contributed by atoms with Crippen LogP contribution < -0.4 is 0 Å². The van der Waals surface area contributed by atoms with Crippen molar-refractivity contribution in [2.45, 2.75) is 26.4 Å². The van der Waals surface area contributed by atoms with E-state index in [0.717, 1.165) is 0 Å². The van der Waals surface area contributed by atoms with Gasteiger partial charge in [0.2, 0.25) is 0 Å². The van der Waals surface area contributed by atoms with Crippen LogP contribution in [0.5, 0.6) is 0 Å². The van der Waals surface area contributed by atoms with Crippen molar-refractivity contribution in [1.29, 1.82) is 0 Å². The molecule has 76 valence electrons. The Morgan fingerprint density at radius 3 is 1.08 bits per heavy atom. The van der Waals surface area contributed by atoms with Crippen LogP contribution in [0.25, 0.3) is 0 Å². The summed E-state index contributed by atoms with van der Waals surface area (Å²) in [6.07, 6.45) is 0. The van der Waals surface area contributed by atoms with Gasteiger partial charge in [0.15, 0.2) is 0 Å². The van der Waals surface area contributed by atoms with Crippen molar-refractivity contribution >= 4 is 0 Å². The summed E-state index contributed by atoms with van der Waals surface area (Å²) in [7, 11) is 9.76. The zero-order chi connectivity index (χ0) is 10.4. The summed E-state index contributed by atoms with van der Waals surface area (Å²) in [4.78, 5) is 7.27. The minimum Gasteiger partial charge on any atom is -0.312 e. The largest absolute Gasteiger partial charge is 0.312 e. The van der Waals surface area contributed by atoms with Crippen LogP contribution in [0.2, 0.25) is 0 Å². The van der Waals surface area contributed by atoms with Gasteiger partial charge in [0, 0.05) is 14.1 Å². The second-order valence-corrected chi connectivity index (χ2v) is 4.36. The van der Waals surface area contributed by atoms with Gasteiger partial charge in [-0.1, -0.05) is 0 Å². The van der Waals surface area contributed by atoms with Gasteiger partial charge < -0.3 is 4.90 Å². The Kier molecular flexibility index (Phi) is 7.69. The van der Waals surface area contributed by atoms with Gasteiger partial charge in [-0.3, -0.25) is 4.84 Å². The minimum atomic E-state index is -0.0521. The topological polar surface area (TPSA) is 15.7 Å². The van der Waals surface area contributed by atoms with Crippen molar-refractivity contribution in [3.63, 3.8) is 0 Å². The molecule has 0 aliphatic heterocycles. The lowest BCUT2D eigenvalue weighted by atomic mass is 10.2. The summed E-state index contributed by atoms with van der Waals surface area (Å²) in [6.45, 7) is 6.06. The van der Waals surface area contributed by atoms with E-state index in [0.29, 0.717) is 0 Å².